The van der Waals surface area contributed by atoms with Crippen LogP contribution >= 0.6 is 0 Å². The van der Waals surface area contributed by atoms with Crippen molar-refractivity contribution in [3.05, 3.63) is 36.5 Å². The van der Waals surface area contributed by atoms with Gasteiger partial charge in [-0.2, -0.15) is 0 Å². The minimum Gasteiger partial charge on any atom is -0.466 e. The maximum Gasteiger partial charge on any atom is 0.305 e. The van der Waals surface area contributed by atoms with Crippen molar-refractivity contribution < 1.29 is 24.5 Å². The molecule has 0 aromatic carbocycles. The molecular weight excluding hydrogens is 755 g/mol. The fourth-order valence-corrected chi connectivity index (χ4v) is 8.02. The number of ether oxygens (including phenoxy) is 1. The Morgan fingerprint density at radius 2 is 0.820 bits per heavy atom. The number of carbonyl (C=O) groups is 2. The second-order valence-corrected chi connectivity index (χ2v) is 18.2. The molecule has 1 amide bonds. The normalized spacial score (nSPS) is 12.9. The predicted molar refractivity (Wildman–Crippen MR) is 264 cm³/mol. The molecule has 2 unspecified atom stereocenters. The van der Waals surface area contributed by atoms with Crippen LogP contribution in [0.1, 0.15) is 277 Å². The number of allylic oxidation sites excluding steroid dienone is 6. The van der Waals surface area contributed by atoms with Crippen LogP contribution in [0.5, 0.6) is 0 Å². The summed E-state index contributed by atoms with van der Waals surface area (Å²) in [5, 5.41) is 23.2. The fraction of sp³-hybridized carbons (Fsp3) is 0.855. The van der Waals surface area contributed by atoms with Gasteiger partial charge in [-0.15, -0.1) is 0 Å². The molecule has 0 bridgehead atoms. The number of rotatable bonds is 49. The van der Waals surface area contributed by atoms with Crippen LogP contribution in [0.2, 0.25) is 0 Å². The highest BCUT2D eigenvalue weighted by molar-refractivity contribution is 5.76. The van der Waals surface area contributed by atoms with Crippen LogP contribution in [0.25, 0.3) is 0 Å². The Balaban J connectivity index is 3.51. The number of hydrogen-bond donors (Lipinski definition) is 3. The zero-order valence-electron chi connectivity index (χ0n) is 40.6. The summed E-state index contributed by atoms with van der Waals surface area (Å²) in [7, 11) is 0. The van der Waals surface area contributed by atoms with Gasteiger partial charge in [-0.05, 0) is 83.5 Å². The number of carbonyl (C=O) groups excluding carboxylic acids is 2. The molecule has 0 aliphatic rings. The Labute approximate surface area is 379 Å². The summed E-state index contributed by atoms with van der Waals surface area (Å²) in [5.41, 5.74) is 0. The van der Waals surface area contributed by atoms with Crippen LogP contribution in [0.15, 0.2) is 36.5 Å². The minimum absolute atomic E-state index is 0.0268. The van der Waals surface area contributed by atoms with Crippen LogP contribution in [0, 0.1) is 0 Å². The lowest BCUT2D eigenvalue weighted by atomic mass is 10.0. The zero-order valence-corrected chi connectivity index (χ0v) is 40.6. The van der Waals surface area contributed by atoms with Crippen molar-refractivity contribution in [2.24, 2.45) is 0 Å². The van der Waals surface area contributed by atoms with Gasteiger partial charge in [0.25, 0.3) is 0 Å². The molecule has 6 heteroatoms. The molecule has 0 heterocycles. The van der Waals surface area contributed by atoms with E-state index in [0.717, 1.165) is 83.5 Å². The third-order valence-electron chi connectivity index (χ3n) is 12.2. The topological polar surface area (TPSA) is 95.9 Å². The highest BCUT2D eigenvalue weighted by Crippen LogP contribution is 2.16. The summed E-state index contributed by atoms with van der Waals surface area (Å²) < 4.78 is 5.45. The largest absolute Gasteiger partial charge is 0.466 e. The smallest absolute Gasteiger partial charge is 0.305 e. The molecule has 0 aromatic rings. The lowest BCUT2D eigenvalue weighted by Crippen LogP contribution is -2.45. The summed E-state index contributed by atoms with van der Waals surface area (Å²) in [5.74, 6) is -0.0921. The van der Waals surface area contributed by atoms with E-state index in [0.29, 0.717) is 25.9 Å². The van der Waals surface area contributed by atoms with E-state index in [9.17, 15) is 19.8 Å². The number of unbranched alkanes of at least 4 members (excludes halogenated alkanes) is 32. The van der Waals surface area contributed by atoms with Crippen molar-refractivity contribution in [1.82, 2.24) is 5.32 Å². The van der Waals surface area contributed by atoms with Gasteiger partial charge in [-0.3, -0.25) is 9.59 Å². The molecule has 3 N–H and O–H groups in total. The summed E-state index contributed by atoms with van der Waals surface area (Å²) in [6.45, 7) is 4.88. The van der Waals surface area contributed by atoms with Crippen molar-refractivity contribution in [2.75, 3.05) is 13.2 Å². The van der Waals surface area contributed by atoms with Crippen molar-refractivity contribution in [1.29, 1.82) is 0 Å². The van der Waals surface area contributed by atoms with E-state index < -0.39 is 12.1 Å². The molecule has 0 spiro atoms. The van der Waals surface area contributed by atoms with Gasteiger partial charge in [-0.25, -0.2) is 0 Å². The lowest BCUT2D eigenvalue weighted by Gasteiger charge is -2.22. The lowest BCUT2D eigenvalue weighted by molar-refractivity contribution is -0.143. The van der Waals surface area contributed by atoms with Crippen molar-refractivity contribution >= 4 is 11.9 Å². The third-order valence-corrected chi connectivity index (χ3v) is 12.2. The summed E-state index contributed by atoms with van der Waals surface area (Å²) in [6.07, 6.45) is 61.1. The van der Waals surface area contributed by atoms with Crippen molar-refractivity contribution in [3.63, 3.8) is 0 Å². The molecule has 0 fully saturated rings. The molecule has 0 rings (SSSR count). The molecule has 0 saturated carbocycles. The quantitative estimate of drug-likeness (QED) is 0.0322. The first-order valence-corrected chi connectivity index (χ1v) is 26.7. The van der Waals surface area contributed by atoms with Crippen molar-refractivity contribution in [2.45, 2.75) is 289 Å². The molecule has 0 aliphatic heterocycles. The highest BCUT2D eigenvalue weighted by Gasteiger charge is 2.20. The first-order chi connectivity index (χ1) is 30.0. The molecule has 61 heavy (non-hydrogen) atoms. The Morgan fingerprint density at radius 1 is 0.459 bits per heavy atom. The van der Waals surface area contributed by atoms with Gasteiger partial charge in [0.1, 0.15) is 0 Å². The first kappa shape index (κ1) is 59.1. The standard InChI is InChI=1S/C55H103NO5/c1-3-5-7-9-11-13-15-17-19-21-23-27-31-35-39-43-47-53(58)52(51-57)56-54(59)48-44-40-36-32-28-24-22-26-30-34-38-42-46-50-61-55(60)49-45-41-37-33-29-25-20-18-16-14-12-10-8-6-4-2/h12,14,18,20,24,28,52-53,57-58H,3-11,13,15-17,19,21-23,25-27,29-51H2,1-2H3,(H,56,59)/b14-12-,20-18-,28-24-. The Bertz CT molecular complexity index is 993. The third kappa shape index (κ3) is 47.4. The van der Waals surface area contributed by atoms with E-state index in [2.05, 4.69) is 55.6 Å². The molecule has 2 atom stereocenters. The van der Waals surface area contributed by atoms with E-state index >= 15 is 0 Å². The average molecular weight is 858 g/mol. The van der Waals surface area contributed by atoms with E-state index in [1.54, 1.807) is 0 Å². The van der Waals surface area contributed by atoms with E-state index in [4.69, 9.17) is 4.74 Å². The summed E-state index contributed by atoms with van der Waals surface area (Å²) in [6, 6.07) is -0.563. The molecule has 0 radical (unpaired) electrons. The number of esters is 1. The molecule has 0 saturated heterocycles. The Hall–Kier alpha value is -1.92. The average Bonchev–Trinajstić information content (AvgIpc) is 3.26. The Morgan fingerprint density at radius 3 is 1.31 bits per heavy atom. The second kappa shape index (κ2) is 50.7. The van der Waals surface area contributed by atoms with Gasteiger partial charge in [0, 0.05) is 12.8 Å². The monoisotopic (exact) mass is 858 g/mol. The predicted octanol–water partition coefficient (Wildman–Crippen LogP) is 16.1. The maximum atomic E-state index is 12.5. The van der Waals surface area contributed by atoms with Gasteiger partial charge < -0.3 is 20.3 Å². The van der Waals surface area contributed by atoms with Crippen LogP contribution in [-0.2, 0) is 14.3 Å². The van der Waals surface area contributed by atoms with Gasteiger partial charge in [0.05, 0.1) is 25.4 Å². The fourth-order valence-electron chi connectivity index (χ4n) is 8.02. The second-order valence-electron chi connectivity index (χ2n) is 18.2. The SMILES string of the molecule is CCCCC/C=C\C/C=C\CCCCCCCC(=O)OCCCCCCCC/C=C\CCCCCC(=O)NC(CO)C(O)CCCCCCCCCCCCCCCCCC. The molecule has 0 aromatic heterocycles. The maximum absolute atomic E-state index is 12.5. The number of aliphatic hydroxyl groups excluding tert-OH is 2. The molecule has 358 valence electrons. The molecule has 6 nitrogen and oxygen atoms in total. The van der Waals surface area contributed by atoms with Crippen LogP contribution in [0.3, 0.4) is 0 Å². The van der Waals surface area contributed by atoms with Gasteiger partial charge in [0.2, 0.25) is 5.91 Å². The van der Waals surface area contributed by atoms with Gasteiger partial charge in [-0.1, -0.05) is 217 Å². The van der Waals surface area contributed by atoms with Crippen LogP contribution in [-0.4, -0.2) is 47.4 Å². The zero-order chi connectivity index (χ0) is 44.4. The highest BCUT2D eigenvalue weighted by atomic mass is 16.5. The summed E-state index contributed by atoms with van der Waals surface area (Å²) >= 11 is 0. The van der Waals surface area contributed by atoms with Gasteiger partial charge >= 0.3 is 5.97 Å². The van der Waals surface area contributed by atoms with E-state index in [1.807, 2.05) is 0 Å². The molecule has 0 aliphatic carbocycles. The summed E-state index contributed by atoms with van der Waals surface area (Å²) in [4.78, 5) is 24.5. The van der Waals surface area contributed by atoms with Crippen LogP contribution in [0.4, 0.5) is 0 Å². The van der Waals surface area contributed by atoms with E-state index in [1.165, 1.54) is 161 Å². The minimum atomic E-state index is -0.682. The molecular formula is C55H103NO5. The van der Waals surface area contributed by atoms with Gasteiger partial charge in [0.15, 0.2) is 0 Å². The number of hydrogen-bond acceptors (Lipinski definition) is 5. The van der Waals surface area contributed by atoms with Crippen LogP contribution < -0.4 is 5.32 Å². The number of nitrogens with one attached hydrogen (secondary N) is 1. The van der Waals surface area contributed by atoms with E-state index in [-0.39, 0.29) is 18.5 Å². The number of amides is 1. The Kier molecular flexibility index (Phi) is 49.1. The first-order valence-electron chi connectivity index (χ1n) is 26.7. The number of aliphatic hydroxyl groups is 2. The van der Waals surface area contributed by atoms with Crippen molar-refractivity contribution in [3.8, 4) is 0 Å².